The van der Waals surface area contributed by atoms with Crippen LogP contribution in [0.3, 0.4) is 0 Å². The van der Waals surface area contributed by atoms with Gasteiger partial charge in [0.2, 0.25) is 11.9 Å². The van der Waals surface area contributed by atoms with E-state index in [1.165, 1.54) is 0 Å². The van der Waals surface area contributed by atoms with Crippen LogP contribution in [0.5, 0.6) is 6.01 Å². The molecular formula is C12H23N5O2. The van der Waals surface area contributed by atoms with Gasteiger partial charge >= 0.3 is 6.01 Å². The van der Waals surface area contributed by atoms with Crippen LogP contribution in [0.25, 0.3) is 0 Å². The molecule has 0 aliphatic heterocycles. The molecule has 0 saturated heterocycles. The van der Waals surface area contributed by atoms with Gasteiger partial charge in [-0.15, -0.1) is 0 Å². The number of hydrogen-bond acceptors (Lipinski definition) is 7. The molecule has 1 rings (SSSR count). The van der Waals surface area contributed by atoms with Gasteiger partial charge in [-0.2, -0.15) is 15.0 Å². The van der Waals surface area contributed by atoms with Crippen LogP contribution in [0.1, 0.15) is 27.2 Å². The summed E-state index contributed by atoms with van der Waals surface area (Å²) < 4.78 is 5.45. The summed E-state index contributed by atoms with van der Waals surface area (Å²) in [4.78, 5) is 14.5. The van der Waals surface area contributed by atoms with Gasteiger partial charge in [0.1, 0.15) is 0 Å². The molecule has 19 heavy (non-hydrogen) atoms. The molecule has 0 aromatic carbocycles. The molecule has 1 unspecified atom stereocenters. The standard InChI is InChI=1S/C12H23N5O2/c1-5-7-19-12-15-10(13-6-2)14-11(16-12)17(4)9(3)8-18/h9,18H,5-8H2,1-4H3,(H,13,14,15,16). The van der Waals surface area contributed by atoms with E-state index in [2.05, 4.69) is 20.3 Å². The van der Waals surface area contributed by atoms with E-state index in [0.29, 0.717) is 24.5 Å². The second-order valence-electron chi connectivity index (χ2n) is 4.26. The monoisotopic (exact) mass is 269 g/mol. The molecule has 0 radical (unpaired) electrons. The van der Waals surface area contributed by atoms with Crippen LogP contribution in [-0.2, 0) is 0 Å². The Morgan fingerprint density at radius 2 is 2.05 bits per heavy atom. The zero-order chi connectivity index (χ0) is 14.3. The summed E-state index contributed by atoms with van der Waals surface area (Å²) in [7, 11) is 1.83. The van der Waals surface area contributed by atoms with Crippen molar-refractivity contribution in [1.82, 2.24) is 15.0 Å². The summed E-state index contributed by atoms with van der Waals surface area (Å²) in [6.07, 6.45) is 0.889. The maximum Gasteiger partial charge on any atom is 0.323 e. The molecule has 7 heteroatoms. The highest BCUT2D eigenvalue weighted by Gasteiger charge is 2.15. The molecule has 0 amide bonds. The van der Waals surface area contributed by atoms with E-state index in [1.54, 1.807) is 4.90 Å². The summed E-state index contributed by atoms with van der Waals surface area (Å²) in [5, 5.41) is 12.2. The first kappa shape index (κ1) is 15.4. The minimum absolute atomic E-state index is 0.0316. The minimum Gasteiger partial charge on any atom is -0.463 e. The van der Waals surface area contributed by atoms with Crippen molar-refractivity contribution in [3.8, 4) is 6.01 Å². The first-order valence-corrected chi connectivity index (χ1v) is 6.58. The summed E-state index contributed by atoms with van der Waals surface area (Å²) in [6.45, 7) is 7.20. The molecule has 108 valence electrons. The molecule has 0 aliphatic rings. The first-order valence-electron chi connectivity index (χ1n) is 6.58. The van der Waals surface area contributed by atoms with Gasteiger partial charge in [0, 0.05) is 13.6 Å². The van der Waals surface area contributed by atoms with Gasteiger partial charge in [0.25, 0.3) is 0 Å². The van der Waals surface area contributed by atoms with Crippen molar-refractivity contribution in [3.63, 3.8) is 0 Å². The van der Waals surface area contributed by atoms with E-state index in [4.69, 9.17) is 4.74 Å². The van der Waals surface area contributed by atoms with Crippen LogP contribution >= 0.6 is 0 Å². The van der Waals surface area contributed by atoms with Gasteiger partial charge in [0.05, 0.1) is 19.3 Å². The lowest BCUT2D eigenvalue weighted by Gasteiger charge is -2.23. The van der Waals surface area contributed by atoms with Gasteiger partial charge in [-0.25, -0.2) is 0 Å². The van der Waals surface area contributed by atoms with Crippen LogP contribution in [0, 0.1) is 0 Å². The molecule has 1 aromatic heterocycles. The number of aromatic nitrogens is 3. The molecule has 0 saturated carbocycles. The van der Waals surface area contributed by atoms with Gasteiger partial charge in [0.15, 0.2) is 0 Å². The Labute approximate surface area is 114 Å². The molecule has 0 bridgehead atoms. The van der Waals surface area contributed by atoms with Crippen LogP contribution in [-0.4, -0.2) is 52.9 Å². The van der Waals surface area contributed by atoms with Gasteiger partial charge in [-0.05, 0) is 20.3 Å². The molecular weight excluding hydrogens is 246 g/mol. The highest BCUT2D eigenvalue weighted by Crippen LogP contribution is 2.15. The Balaban J connectivity index is 2.97. The van der Waals surface area contributed by atoms with Gasteiger partial charge in [-0.3, -0.25) is 0 Å². The molecule has 1 atom stereocenters. The number of anilines is 2. The maximum absolute atomic E-state index is 9.19. The largest absolute Gasteiger partial charge is 0.463 e. The molecule has 1 aromatic rings. The average Bonchev–Trinajstić information content (AvgIpc) is 2.43. The number of nitrogens with zero attached hydrogens (tertiary/aromatic N) is 4. The zero-order valence-electron chi connectivity index (χ0n) is 12.1. The average molecular weight is 269 g/mol. The number of hydrogen-bond donors (Lipinski definition) is 2. The second kappa shape index (κ2) is 7.73. The Kier molecular flexibility index (Phi) is 6.27. The lowest BCUT2D eigenvalue weighted by molar-refractivity contribution is 0.267. The number of ether oxygens (including phenoxy) is 1. The summed E-state index contributed by atoms with van der Waals surface area (Å²) in [5.74, 6) is 0.967. The van der Waals surface area contributed by atoms with Crippen LogP contribution in [0.15, 0.2) is 0 Å². The normalized spacial score (nSPS) is 12.1. The van der Waals surface area contributed by atoms with Crippen LogP contribution in [0.4, 0.5) is 11.9 Å². The van der Waals surface area contributed by atoms with E-state index >= 15 is 0 Å². The van der Waals surface area contributed by atoms with E-state index < -0.39 is 0 Å². The third kappa shape index (κ3) is 4.51. The van der Waals surface area contributed by atoms with Gasteiger partial charge < -0.3 is 20.1 Å². The summed E-state index contributed by atoms with van der Waals surface area (Å²) in [5.41, 5.74) is 0. The van der Waals surface area contributed by atoms with E-state index in [-0.39, 0.29) is 12.6 Å². The van der Waals surface area contributed by atoms with Crippen molar-refractivity contribution >= 4 is 11.9 Å². The molecule has 2 N–H and O–H groups in total. The lowest BCUT2D eigenvalue weighted by Crippen LogP contribution is -2.33. The Morgan fingerprint density at radius 1 is 1.32 bits per heavy atom. The number of likely N-dealkylation sites (N-methyl/N-ethyl adjacent to an activating group) is 1. The third-order valence-electron chi connectivity index (χ3n) is 2.61. The fraction of sp³-hybridized carbons (Fsp3) is 0.750. The predicted octanol–water partition coefficient (Wildman–Crippen LogP) is 0.909. The number of nitrogens with one attached hydrogen (secondary N) is 1. The Bertz CT molecular complexity index is 388. The van der Waals surface area contributed by atoms with Crippen LogP contribution < -0.4 is 15.0 Å². The molecule has 1 heterocycles. The SMILES string of the molecule is CCCOc1nc(NCC)nc(N(C)C(C)CO)n1. The highest BCUT2D eigenvalue weighted by molar-refractivity contribution is 5.38. The topological polar surface area (TPSA) is 83.4 Å². The smallest absolute Gasteiger partial charge is 0.323 e. The van der Waals surface area contributed by atoms with Crippen molar-refractivity contribution in [2.24, 2.45) is 0 Å². The fourth-order valence-corrected chi connectivity index (χ4v) is 1.32. The summed E-state index contributed by atoms with van der Waals surface area (Å²) >= 11 is 0. The highest BCUT2D eigenvalue weighted by atomic mass is 16.5. The molecule has 0 aliphatic carbocycles. The minimum atomic E-state index is -0.0732. The third-order valence-corrected chi connectivity index (χ3v) is 2.61. The predicted molar refractivity (Wildman–Crippen MR) is 74.7 cm³/mol. The summed E-state index contributed by atoms with van der Waals surface area (Å²) in [6, 6.07) is 0.232. The maximum atomic E-state index is 9.19. The lowest BCUT2D eigenvalue weighted by atomic mass is 10.3. The number of aliphatic hydroxyl groups excluding tert-OH is 1. The Hall–Kier alpha value is -1.63. The van der Waals surface area contributed by atoms with Crippen molar-refractivity contribution in [2.45, 2.75) is 33.2 Å². The quantitative estimate of drug-likeness (QED) is 0.725. The first-order chi connectivity index (χ1) is 9.12. The second-order valence-corrected chi connectivity index (χ2v) is 4.26. The zero-order valence-corrected chi connectivity index (χ0v) is 12.1. The fourth-order valence-electron chi connectivity index (χ4n) is 1.32. The Morgan fingerprint density at radius 3 is 2.63 bits per heavy atom. The van der Waals surface area contributed by atoms with E-state index in [0.717, 1.165) is 13.0 Å². The van der Waals surface area contributed by atoms with E-state index in [1.807, 2.05) is 27.8 Å². The van der Waals surface area contributed by atoms with E-state index in [9.17, 15) is 5.11 Å². The van der Waals surface area contributed by atoms with Crippen molar-refractivity contribution in [3.05, 3.63) is 0 Å². The molecule has 7 nitrogen and oxygen atoms in total. The van der Waals surface area contributed by atoms with Crippen LogP contribution in [0.2, 0.25) is 0 Å². The number of rotatable bonds is 8. The molecule has 0 spiro atoms. The number of aliphatic hydroxyl groups is 1. The van der Waals surface area contributed by atoms with Crippen molar-refractivity contribution in [2.75, 3.05) is 37.0 Å². The molecule has 0 fully saturated rings. The van der Waals surface area contributed by atoms with Crippen molar-refractivity contribution in [1.29, 1.82) is 0 Å². The van der Waals surface area contributed by atoms with Gasteiger partial charge in [-0.1, -0.05) is 6.92 Å². The van der Waals surface area contributed by atoms with Crippen molar-refractivity contribution < 1.29 is 9.84 Å².